The van der Waals surface area contributed by atoms with Gasteiger partial charge in [-0.25, -0.2) is 4.39 Å². The number of rotatable bonds is 8. The normalized spacial score (nSPS) is 13.6. The minimum absolute atomic E-state index is 0.175. The molecular weight excluding hydrogens is 271 g/mol. The molecule has 0 aromatic heterocycles. The molecule has 118 valence electrons. The number of benzene rings is 1. The molecule has 21 heavy (non-hydrogen) atoms. The van der Waals surface area contributed by atoms with Crippen molar-refractivity contribution in [1.29, 1.82) is 0 Å². The minimum atomic E-state index is -0.644. The van der Waals surface area contributed by atoms with Gasteiger partial charge in [-0.3, -0.25) is 4.79 Å². The van der Waals surface area contributed by atoms with Crippen molar-refractivity contribution in [3.63, 3.8) is 0 Å². The molecule has 1 unspecified atom stereocenters. The van der Waals surface area contributed by atoms with Crippen molar-refractivity contribution in [2.24, 2.45) is 5.73 Å². The van der Waals surface area contributed by atoms with Gasteiger partial charge in [-0.05, 0) is 38.5 Å². The summed E-state index contributed by atoms with van der Waals surface area (Å²) in [6.45, 7) is 6.17. The van der Waals surface area contributed by atoms with Crippen LogP contribution in [0, 0.1) is 5.82 Å². The lowest BCUT2D eigenvalue weighted by molar-refractivity contribution is -0.127. The van der Waals surface area contributed by atoms with Gasteiger partial charge in [-0.1, -0.05) is 19.8 Å². The SMILES string of the molecule is CCCCCNC(=O)C(C)Oc1ccc(F)cc1[C@H](C)N. The first-order valence-corrected chi connectivity index (χ1v) is 7.45. The number of amides is 1. The maximum absolute atomic E-state index is 13.3. The standard InChI is InChI=1S/C16H25FN2O2/c1-4-5-6-9-19-16(20)12(3)21-15-8-7-13(17)10-14(15)11(2)18/h7-8,10-12H,4-6,9,18H2,1-3H3,(H,19,20)/t11-,12?/m0/s1. The molecule has 1 rings (SSSR count). The van der Waals surface area contributed by atoms with Gasteiger partial charge in [0.25, 0.3) is 5.91 Å². The summed E-state index contributed by atoms with van der Waals surface area (Å²) in [5.74, 6) is -0.0972. The van der Waals surface area contributed by atoms with Crippen LogP contribution in [-0.2, 0) is 4.79 Å². The van der Waals surface area contributed by atoms with Crippen LogP contribution in [-0.4, -0.2) is 18.6 Å². The topological polar surface area (TPSA) is 64.3 Å². The molecule has 0 spiro atoms. The van der Waals surface area contributed by atoms with Crippen molar-refractivity contribution in [1.82, 2.24) is 5.32 Å². The first kappa shape index (κ1) is 17.4. The lowest BCUT2D eigenvalue weighted by Crippen LogP contribution is -2.37. The summed E-state index contributed by atoms with van der Waals surface area (Å²) >= 11 is 0. The van der Waals surface area contributed by atoms with Gasteiger partial charge in [0.2, 0.25) is 0 Å². The van der Waals surface area contributed by atoms with E-state index in [-0.39, 0.29) is 17.8 Å². The van der Waals surface area contributed by atoms with Crippen LogP contribution >= 0.6 is 0 Å². The second-order valence-corrected chi connectivity index (χ2v) is 5.23. The summed E-state index contributed by atoms with van der Waals surface area (Å²) in [6, 6.07) is 3.78. The Morgan fingerprint density at radius 1 is 1.38 bits per heavy atom. The van der Waals surface area contributed by atoms with Crippen molar-refractivity contribution in [3.8, 4) is 5.75 Å². The zero-order valence-electron chi connectivity index (χ0n) is 13.0. The molecule has 0 heterocycles. The summed E-state index contributed by atoms with van der Waals surface area (Å²) in [7, 11) is 0. The number of hydrogen-bond donors (Lipinski definition) is 2. The Labute approximate surface area is 125 Å². The quantitative estimate of drug-likeness (QED) is 0.725. The number of hydrogen-bond acceptors (Lipinski definition) is 3. The van der Waals surface area contributed by atoms with Crippen LogP contribution in [0.15, 0.2) is 18.2 Å². The Morgan fingerprint density at radius 3 is 2.71 bits per heavy atom. The van der Waals surface area contributed by atoms with E-state index in [1.165, 1.54) is 18.2 Å². The molecule has 1 amide bonds. The molecule has 2 atom stereocenters. The number of carbonyl (C=O) groups is 1. The summed E-state index contributed by atoms with van der Waals surface area (Å²) in [6.07, 6.45) is 2.50. The van der Waals surface area contributed by atoms with Gasteiger partial charge in [-0.2, -0.15) is 0 Å². The fourth-order valence-electron chi connectivity index (χ4n) is 1.96. The molecule has 4 nitrogen and oxygen atoms in total. The van der Waals surface area contributed by atoms with Gasteiger partial charge in [0.05, 0.1) is 0 Å². The van der Waals surface area contributed by atoms with E-state index in [0.717, 1.165) is 19.3 Å². The van der Waals surface area contributed by atoms with Gasteiger partial charge in [0.1, 0.15) is 11.6 Å². The highest BCUT2D eigenvalue weighted by Crippen LogP contribution is 2.25. The minimum Gasteiger partial charge on any atom is -0.481 e. The Kier molecular flexibility index (Phi) is 7.15. The zero-order valence-corrected chi connectivity index (χ0v) is 13.0. The van der Waals surface area contributed by atoms with Crippen LogP contribution in [0.5, 0.6) is 5.75 Å². The number of nitrogens with two attached hydrogens (primary N) is 1. The van der Waals surface area contributed by atoms with E-state index >= 15 is 0 Å². The largest absolute Gasteiger partial charge is 0.481 e. The first-order chi connectivity index (χ1) is 9.95. The third-order valence-electron chi connectivity index (χ3n) is 3.21. The van der Waals surface area contributed by atoms with Gasteiger partial charge >= 0.3 is 0 Å². The molecule has 0 aliphatic rings. The Hall–Kier alpha value is -1.62. The molecule has 0 fully saturated rings. The smallest absolute Gasteiger partial charge is 0.260 e. The molecule has 0 bridgehead atoms. The molecular formula is C16H25FN2O2. The molecule has 1 aromatic carbocycles. The van der Waals surface area contributed by atoms with Crippen LogP contribution in [0.25, 0.3) is 0 Å². The van der Waals surface area contributed by atoms with Crippen molar-refractivity contribution >= 4 is 5.91 Å². The van der Waals surface area contributed by atoms with E-state index in [9.17, 15) is 9.18 Å². The third-order valence-corrected chi connectivity index (χ3v) is 3.21. The molecule has 0 saturated carbocycles. The van der Waals surface area contributed by atoms with Gasteiger partial charge in [0.15, 0.2) is 6.10 Å². The summed E-state index contributed by atoms with van der Waals surface area (Å²) in [5, 5.41) is 2.83. The molecule has 0 saturated heterocycles. The third kappa shape index (κ3) is 5.71. The molecule has 5 heteroatoms. The highest BCUT2D eigenvalue weighted by atomic mass is 19.1. The first-order valence-electron chi connectivity index (χ1n) is 7.45. The molecule has 0 aliphatic heterocycles. The van der Waals surface area contributed by atoms with Gasteiger partial charge in [0, 0.05) is 18.2 Å². The fourth-order valence-corrected chi connectivity index (χ4v) is 1.96. The highest BCUT2D eigenvalue weighted by Gasteiger charge is 2.17. The molecule has 3 N–H and O–H groups in total. The average Bonchev–Trinajstić information content (AvgIpc) is 2.44. The second kappa shape index (κ2) is 8.62. The van der Waals surface area contributed by atoms with Crippen LogP contribution in [0.2, 0.25) is 0 Å². The fraction of sp³-hybridized carbons (Fsp3) is 0.562. The molecule has 1 aromatic rings. The lowest BCUT2D eigenvalue weighted by Gasteiger charge is -2.18. The summed E-state index contributed by atoms with van der Waals surface area (Å²) < 4.78 is 18.9. The zero-order chi connectivity index (χ0) is 15.8. The molecule has 0 aliphatic carbocycles. The van der Waals surface area contributed by atoms with Gasteiger partial charge in [-0.15, -0.1) is 0 Å². The van der Waals surface area contributed by atoms with Crippen molar-refractivity contribution in [2.45, 2.75) is 52.2 Å². The number of unbranched alkanes of at least 4 members (excludes halogenated alkanes) is 2. The van der Waals surface area contributed by atoms with Crippen LogP contribution < -0.4 is 15.8 Å². The van der Waals surface area contributed by atoms with Crippen LogP contribution in [0.1, 0.15) is 51.6 Å². The van der Waals surface area contributed by atoms with Crippen molar-refractivity contribution in [3.05, 3.63) is 29.6 Å². The van der Waals surface area contributed by atoms with Crippen LogP contribution in [0.3, 0.4) is 0 Å². The summed E-state index contributed by atoms with van der Waals surface area (Å²) in [5.41, 5.74) is 6.36. The van der Waals surface area contributed by atoms with Gasteiger partial charge < -0.3 is 15.8 Å². The Balaban J connectivity index is 2.61. The summed E-state index contributed by atoms with van der Waals surface area (Å²) in [4.78, 5) is 11.9. The number of carbonyl (C=O) groups excluding carboxylic acids is 1. The Morgan fingerprint density at radius 2 is 2.10 bits per heavy atom. The predicted octanol–water partition coefficient (Wildman–Crippen LogP) is 2.92. The predicted molar refractivity (Wildman–Crippen MR) is 81.6 cm³/mol. The highest BCUT2D eigenvalue weighted by molar-refractivity contribution is 5.80. The maximum atomic E-state index is 13.3. The second-order valence-electron chi connectivity index (χ2n) is 5.23. The van der Waals surface area contributed by atoms with E-state index in [1.807, 2.05) is 0 Å². The van der Waals surface area contributed by atoms with E-state index in [4.69, 9.17) is 10.5 Å². The van der Waals surface area contributed by atoms with E-state index in [1.54, 1.807) is 13.8 Å². The van der Waals surface area contributed by atoms with Crippen molar-refractivity contribution < 1.29 is 13.9 Å². The number of halogens is 1. The monoisotopic (exact) mass is 296 g/mol. The van der Waals surface area contributed by atoms with E-state index in [0.29, 0.717) is 17.9 Å². The van der Waals surface area contributed by atoms with Crippen molar-refractivity contribution in [2.75, 3.05) is 6.54 Å². The lowest BCUT2D eigenvalue weighted by atomic mass is 10.1. The van der Waals surface area contributed by atoms with E-state index < -0.39 is 6.10 Å². The van der Waals surface area contributed by atoms with Crippen LogP contribution in [0.4, 0.5) is 4.39 Å². The average molecular weight is 296 g/mol. The molecule has 0 radical (unpaired) electrons. The number of nitrogens with one attached hydrogen (secondary N) is 1. The van der Waals surface area contributed by atoms with E-state index in [2.05, 4.69) is 12.2 Å². The maximum Gasteiger partial charge on any atom is 0.260 e. The Bertz CT molecular complexity index is 464. The number of ether oxygens (including phenoxy) is 1.